The van der Waals surface area contributed by atoms with Crippen molar-refractivity contribution in [3.8, 4) is 34.5 Å². The highest BCUT2D eigenvalue weighted by Gasteiger charge is 2.44. The molecule has 5 heterocycles. The van der Waals surface area contributed by atoms with Crippen molar-refractivity contribution in [2.75, 3.05) is 27.3 Å². The second-order valence-electron chi connectivity index (χ2n) is 13.8. The van der Waals surface area contributed by atoms with E-state index in [1.807, 2.05) is 18.2 Å². The Kier molecular flexibility index (Phi) is 8.59. The third-order valence-corrected chi connectivity index (χ3v) is 10.6. The van der Waals surface area contributed by atoms with Crippen molar-refractivity contribution in [3.63, 3.8) is 0 Å². The van der Waals surface area contributed by atoms with Crippen LogP contribution in [0.2, 0.25) is 0 Å². The van der Waals surface area contributed by atoms with Gasteiger partial charge in [0.25, 0.3) is 17.4 Å². The fourth-order valence-corrected chi connectivity index (χ4v) is 7.50. The Bertz CT molecular complexity index is 2270. The highest BCUT2D eigenvalue weighted by atomic mass is 16.5. The van der Waals surface area contributed by atoms with Gasteiger partial charge in [-0.3, -0.25) is 44.1 Å². The molecule has 2 aromatic carbocycles. The first-order valence-electron chi connectivity index (χ1n) is 17.6. The van der Waals surface area contributed by atoms with Crippen molar-refractivity contribution in [1.82, 2.24) is 25.1 Å². The minimum absolute atomic E-state index is 0.0712. The molecule has 12 nitrogen and oxygen atoms in total. The molecule has 0 spiro atoms. The van der Waals surface area contributed by atoms with E-state index in [1.54, 1.807) is 44.8 Å². The number of fused-ring (bicyclic) bond motifs is 2. The molecule has 12 heteroatoms. The number of aromatic nitrogens is 2. The molecule has 2 N–H and O–H groups in total. The van der Waals surface area contributed by atoms with Crippen LogP contribution in [0, 0.1) is 17.8 Å². The number of carbonyl (C=O) groups excluding carboxylic acids is 4. The number of likely N-dealkylation sites (tertiary alicyclic amines) is 1. The number of amides is 4. The van der Waals surface area contributed by atoms with E-state index in [2.05, 4.69) is 32.0 Å². The predicted octanol–water partition coefficient (Wildman–Crippen LogP) is 4.15. The normalized spacial score (nSPS) is 19.3. The van der Waals surface area contributed by atoms with Crippen LogP contribution < -0.4 is 20.3 Å². The molecular weight excluding hydrogens is 662 g/mol. The van der Waals surface area contributed by atoms with Gasteiger partial charge >= 0.3 is 0 Å². The fraction of sp³-hybridized carbons (Fsp3) is 0.350. The van der Waals surface area contributed by atoms with Gasteiger partial charge in [0.2, 0.25) is 11.8 Å². The molecular formula is C40H37N5O7. The molecule has 52 heavy (non-hydrogen) atoms. The molecule has 4 aliphatic rings. The lowest BCUT2D eigenvalue weighted by atomic mass is 9.95. The standard InChI is InChI=1S/C40H37N5O7/c1-51-34-16-25(29-19-42-37(47)30-20-41-32(18-27(29)30)24-6-7-24)17-35(52-2)31(34)21-44-13-11-22(12-14-44)3-4-23-5-8-26-28(15-23)40(50)45(39(26)49)33-9-10-36(46)43-38(33)48/h5,8,15-20,22,24,33H,6-7,9-14,21H2,1-2H3,(H,42,47)(H,43,46,48). The molecule has 1 unspecified atom stereocenters. The maximum atomic E-state index is 13.2. The van der Waals surface area contributed by atoms with Gasteiger partial charge in [-0.15, -0.1) is 0 Å². The second kappa shape index (κ2) is 13.4. The third-order valence-electron chi connectivity index (χ3n) is 10.6. The molecule has 1 aliphatic carbocycles. The van der Waals surface area contributed by atoms with Crippen LogP contribution in [0.1, 0.15) is 82.0 Å². The number of pyridine rings is 2. The molecule has 4 aromatic rings. The van der Waals surface area contributed by atoms with E-state index in [4.69, 9.17) is 9.47 Å². The number of nitrogens with zero attached hydrogens (tertiary/aromatic N) is 3. The van der Waals surface area contributed by atoms with E-state index in [-0.39, 0.29) is 35.4 Å². The van der Waals surface area contributed by atoms with Gasteiger partial charge in [0.05, 0.1) is 36.3 Å². The summed E-state index contributed by atoms with van der Waals surface area (Å²) >= 11 is 0. The summed E-state index contributed by atoms with van der Waals surface area (Å²) in [4.78, 5) is 73.6. The van der Waals surface area contributed by atoms with Crippen LogP contribution >= 0.6 is 0 Å². The zero-order valence-corrected chi connectivity index (χ0v) is 28.9. The van der Waals surface area contributed by atoms with Crippen molar-refractivity contribution in [2.45, 2.75) is 57.0 Å². The Morgan fingerprint density at radius 1 is 0.846 bits per heavy atom. The largest absolute Gasteiger partial charge is 0.496 e. The van der Waals surface area contributed by atoms with E-state index in [0.717, 1.165) is 71.4 Å². The van der Waals surface area contributed by atoms with Crippen LogP contribution in [-0.4, -0.2) is 76.7 Å². The maximum Gasteiger partial charge on any atom is 0.262 e. The number of piperidine rings is 2. The summed E-state index contributed by atoms with van der Waals surface area (Å²) in [6.45, 7) is 2.25. The number of methoxy groups -OCH3 is 2. The number of benzene rings is 2. The van der Waals surface area contributed by atoms with Crippen molar-refractivity contribution in [3.05, 3.63) is 87.1 Å². The van der Waals surface area contributed by atoms with E-state index in [9.17, 15) is 24.0 Å². The van der Waals surface area contributed by atoms with Crippen LogP contribution in [0.25, 0.3) is 21.9 Å². The highest BCUT2D eigenvalue weighted by molar-refractivity contribution is 6.23. The Morgan fingerprint density at radius 3 is 2.27 bits per heavy atom. The zero-order chi connectivity index (χ0) is 36.1. The lowest BCUT2D eigenvalue weighted by Gasteiger charge is -2.30. The monoisotopic (exact) mass is 699 g/mol. The Hall–Kier alpha value is -5.80. The molecule has 1 saturated carbocycles. The van der Waals surface area contributed by atoms with Gasteiger partial charge in [-0.2, -0.15) is 0 Å². The van der Waals surface area contributed by atoms with Gasteiger partial charge < -0.3 is 14.5 Å². The number of nitrogens with one attached hydrogen (secondary N) is 2. The van der Waals surface area contributed by atoms with Gasteiger partial charge in [0.1, 0.15) is 17.5 Å². The van der Waals surface area contributed by atoms with Gasteiger partial charge in [0, 0.05) is 54.0 Å². The predicted molar refractivity (Wildman–Crippen MR) is 191 cm³/mol. The SMILES string of the molecule is COc1cc(-c2c[nH]c(=O)c3cnc(C4CC4)cc23)cc(OC)c1CN1CCC(C#Cc2ccc3c(c2)C(=O)N(C2CCC(=O)NC2=O)C3=O)CC1. The van der Waals surface area contributed by atoms with Gasteiger partial charge in [0.15, 0.2) is 0 Å². The molecule has 2 saturated heterocycles. The summed E-state index contributed by atoms with van der Waals surface area (Å²) < 4.78 is 11.8. The topological polar surface area (TPSA) is 151 Å². The van der Waals surface area contributed by atoms with E-state index in [0.29, 0.717) is 34.9 Å². The number of hydrogen-bond acceptors (Lipinski definition) is 9. The lowest BCUT2D eigenvalue weighted by Crippen LogP contribution is -2.54. The molecule has 2 aromatic heterocycles. The summed E-state index contributed by atoms with van der Waals surface area (Å²) in [6.07, 6.45) is 7.54. The van der Waals surface area contributed by atoms with Gasteiger partial charge in [-0.1, -0.05) is 11.8 Å². The first-order chi connectivity index (χ1) is 25.2. The summed E-state index contributed by atoms with van der Waals surface area (Å²) in [5.41, 5.74) is 4.62. The zero-order valence-electron chi connectivity index (χ0n) is 28.9. The van der Waals surface area contributed by atoms with E-state index in [1.165, 1.54) is 0 Å². The Balaban J connectivity index is 0.953. The van der Waals surface area contributed by atoms with Crippen molar-refractivity contribution >= 4 is 34.4 Å². The average Bonchev–Trinajstić information content (AvgIpc) is 3.98. The smallest absolute Gasteiger partial charge is 0.262 e. The van der Waals surface area contributed by atoms with Crippen molar-refractivity contribution in [1.29, 1.82) is 0 Å². The van der Waals surface area contributed by atoms with Crippen molar-refractivity contribution in [2.24, 2.45) is 5.92 Å². The quantitative estimate of drug-likeness (QED) is 0.214. The minimum atomic E-state index is -1.00. The summed E-state index contributed by atoms with van der Waals surface area (Å²) in [6, 6.07) is 9.96. The van der Waals surface area contributed by atoms with E-state index >= 15 is 0 Å². The Labute approximate surface area is 299 Å². The molecule has 3 fully saturated rings. The first kappa shape index (κ1) is 33.3. The molecule has 8 rings (SSSR count). The fourth-order valence-electron chi connectivity index (χ4n) is 7.50. The molecule has 1 atom stereocenters. The molecule has 0 bridgehead atoms. The number of imide groups is 2. The highest BCUT2D eigenvalue weighted by Crippen LogP contribution is 2.42. The molecule has 3 aliphatic heterocycles. The average molecular weight is 700 g/mol. The summed E-state index contributed by atoms with van der Waals surface area (Å²) in [7, 11) is 3.30. The summed E-state index contributed by atoms with van der Waals surface area (Å²) in [5, 5.41) is 3.62. The number of aromatic amines is 1. The van der Waals surface area contributed by atoms with Crippen LogP contribution in [-0.2, 0) is 16.1 Å². The molecule has 4 amide bonds. The van der Waals surface area contributed by atoms with Crippen LogP contribution in [0.15, 0.2) is 53.6 Å². The number of H-pyrrole nitrogens is 1. The third kappa shape index (κ3) is 6.11. The summed E-state index contributed by atoms with van der Waals surface area (Å²) in [5.74, 6) is 6.45. The van der Waals surface area contributed by atoms with Gasteiger partial charge in [-0.25, -0.2) is 0 Å². The van der Waals surface area contributed by atoms with Gasteiger partial charge in [-0.05, 0) is 92.5 Å². The Morgan fingerprint density at radius 2 is 1.58 bits per heavy atom. The first-order valence-corrected chi connectivity index (χ1v) is 17.6. The van der Waals surface area contributed by atoms with Crippen LogP contribution in [0.5, 0.6) is 11.5 Å². The maximum absolute atomic E-state index is 13.2. The number of ether oxygens (including phenoxy) is 2. The van der Waals surface area contributed by atoms with Crippen LogP contribution in [0.3, 0.4) is 0 Å². The van der Waals surface area contributed by atoms with Crippen LogP contribution in [0.4, 0.5) is 0 Å². The molecule has 0 radical (unpaired) electrons. The number of carbonyl (C=O) groups is 4. The second-order valence-corrected chi connectivity index (χ2v) is 13.8. The minimum Gasteiger partial charge on any atom is -0.496 e. The number of hydrogen-bond donors (Lipinski definition) is 2. The van der Waals surface area contributed by atoms with Crippen molar-refractivity contribution < 1.29 is 28.7 Å². The number of rotatable bonds is 7. The molecule has 264 valence electrons. The van der Waals surface area contributed by atoms with E-state index < -0.39 is 29.7 Å². The lowest BCUT2D eigenvalue weighted by molar-refractivity contribution is -0.136.